The number of rotatable bonds is 5. The van der Waals surface area contributed by atoms with E-state index in [2.05, 4.69) is 11.8 Å². The molecule has 5 heteroatoms. The fourth-order valence-corrected chi connectivity index (χ4v) is 2.27. The second-order valence-corrected chi connectivity index (χ2v) is 4.46. The van der Waals surface area contributed by atoms with Crippen LogP contribution >= 0.6 is 11.3 Å². The van der Waals surface area contributed by atoms with Gasteiger partial charge in [0.2, 0.25) is 0 Å². The molecule has 0 saturated heterocycles. The van der Waals surface area contributed by atoms with Gasteiger partial charge in [0.1, 0.15) is 4.88 Å². The lowest BCUT2D eigenvalue weighted by atomic mass is 10.2. The first-order chi connectivity index (χ1) is 8.74. The van der Waals surface area contributed by atoms with Crippen LogP contribution in [0.15, 0.2) is 11.4 Å². The number of hydrogen-bond acceptors (Lipinski definition) is 4. The Morgan fingerprint density at radius 2 is 2.22 bits per heavy atom. The van der Waals surface area contributed by atoms with Gasteiger partial charge in [-0.1, -0.05) is 11.8 Å². The van der Waals surface area contributed by atoms with Gasteiger partial charge in [-0.3, -0.25) is 4.79 Å². The maximum absolute atomic E-state index is 12.2. The molecule has 0 spiro atoms. The number of thiophene rings is 1. The normalized spacial score (nSPS) is 9.72. The molecule has 1 aromatic heterocycles. The highest BCUT2D eigenvalue weighted by Crippen LogP contribution is 2.18. The van der Waals surface area contributed by atoms with Crippen molar-refractivity contribution >= 4 is 17.2 Å². The van der Waals surface area contributed by atoms with Gasteiger partial charge in [-0.15, -0.1) is 11.3 Å². The second kappa shape index (κ2) is 7.88. The average Bonchev–Trinajstić information content (AvgIpc) is 2.84. The minimum absolute atomic E-state index is 0.0199. The van der Waals surface area contributed by atoms with Crippen molar-refractivity contribution in [2.45, 2.75) is 13.3 Å². The van der Waals surface area contributed by atoms with Gasteiger partial charge in [-0.2, -0.15) is 0 Å². The number of carbonyl (C=O) groups excluding carboxylic acids is 1. The molecule has 18 heavy (non-hydrogen) atoms. The number of carbonyl (C=O) groups is 1. The zero-order valence-electron chi connectivity index (χ0n) is 10.3. The quantitative estimate of drug-likeness (QED) is 0.780. The van der Waals surface area contributed by atoms with Crippen molar-refractivity contribution in [3.8, 4) is 11.8 Å². The van der Waals surface area contributed by atoms with Crippen molar-refractivity contribution in [2.75, 3.05) is 26.3 Å². The first kappa shape index (κ1) is 14.7. The molecule has 1 amide bonds. The summed E-state index contributed by atoms with van der Waals surface area (Å²) in [7, 11) is 0. The Morgan fingerprint density at radius 1 is 1.44 bits per heavy atom. The molecule has 0 radical (unpaired) electrons. The van der Waals surface area contributed by atoms with Crippen molar-refractivity contribution in [1.82, 2.24) is 4.90 Å². The van der Waals surface area contributed by atoms with Crippen molar-refractivity contribution in [2.24, 2.45) is 0 Å². The minimum atomic E-state index is -0.102. The zero-order valence-corrected chi connectivity index (χ0v) is 11.2. The molecule has 0 saturated carbocycles. The van der Waals surface area contributed by atoms with E-state index in [1.165, 1.54) is 11.3 Å². The summed E-state index contributed by atoms with van der Waals surface area (Å²) in [4.78, 5) is 14.4. The molecule has 4 nitrogen and oxygen atoms in total. The summed E-state index contributed by atoms with van der Waals surface area (Å²) in [6.45, 7) is 2.73. The van der Waals surface area contributed by atoms with Crippen LogP contribution in [-0.2, 0) is 0 Å². The molecule has 0 aliphatic heterocycles. The Morgan fingerprint density at radius 3 is 2.83 bits per heavy atom. The van der Waals surface area contributed by atoms with Crippen LogP contribution in [0.2, 0.25) is 0 Å². The van der Waals surface area contributed by atoms with Crippen LogP contribution in [0, 0.1) is 11.8 Å². The highest BCUT2D eigenvalue weighted by Gasteiger charge is 2.17. The van der Waals surface area contributed by atoms with Crippen LogP contribution < -0.4 is 0 Å². The largest absolute Gasteiger partial charge is 0.395 e. The van der Waals surface area contributed by atoms with Crippen molar-refractivity contribution in [3.05, 3.63) is 21.9 Å². The molecule has 0 aliphatic carbocycles. The topological polar surface area (TPSA) is 60.8 Å². The van der Waals surface area contributed by atoms with E-state index in [0.717, 1.165) is 0 Å². The molecule has 0 bridgehead atoms. The van der Waals surface area contributed by atoms with Gasteiger partial charge in [0.25, 0.3) is 5.91 Å². The van der Waals surface area contributed by atoms with Crippen LogP contribution in [0.5, 0.6) is 0 Å². The van der Waals surface area contributed by atoms with E-state index in [9.17, 15) is 4.79 Å². The summed E-state index contributed by atoms with van der Waals surface area (Å²) in [6, 6.07) is 1.80. The molecular weight excluding hydrogens is 250 g/mol. The third-order valence-electron chi connectivity index (χ3n) is 2.36. The monoisotopic (exact) mass is 267 g/mol. The number of nitrogens with zero attached hydrogens (tertiary/aromatic N) is 1. The van der Waals surface area contributed by atoms with Gasteiger partial charge in [0.05, 0.1) is 13.2 Å². The lowest BCUT2D eigenvalue weighted by Crippen LogP contribution is -2.33. The fourth-order valence-electron chi connectivity index (χ4n) is 1.45. The molecule has 0 atom stereocenters. The molecule has 1 heterocycles. The highest BCUT2D eigenvalue weighted by molar-refractivity contribution is 7.12. The summed E-state index contributed by atoms with van der Waals surface area (Å²) in [5.41, 5.74) is 0.690. The lowest BCUT2D eigenvalue weighted by molar-refractivity contribution is 0.0736. The summed E-state index contributed by atoms with van der Waals surface area (Å²) in [6.07, 6.45) is 0.400. The van der Waals surface area contributed by atoms with E-state index >= 15 is 0 Å². The Hall–Kier alpha value is -1.35. The lowest BCUT2D eigenvalue weighted by Gasteiger charge is -2.18. The van der Waals surface area contributed by atoms with E-state index in [1.54, 1.807) is 11.0 Å². The van der Waals surface area contributed by atoms with Crippen LogP contribution in [0.4, 0.5) is 0 Å². The van der Waals surface area contributed by atoms with Gasteiger partial charge < -0.3 is 15.1 Å². The predicted octanol–water partition coefficient (Wildman–Crippen LogP) is 0.936. The van der Waals surface area contributed by atoms with E-state index < -0.39 is 0 Å². The van der Waals surface area contributed by atoms with Crippen LogP contribution in [-0.4, -0.2) is 47.3 Å². The van der Waals surface area contributed by atoms with Gasteiger partial charge in [-0.05, 0) is 18.4 Å². The van der Waals surface area contributed by atoms with E-state index in [4.69, 9.17) is 10.2 Å². The second-order valence-electron chi connectivity index (χ2n) is 3.55. The van der Waals surface area contributed by atoms with E-state index in [0.29, 0.717) is 30.0 Å². The Balaban J connectivity index is 2.86. The van der Waals surface area contributed by atoms with Crippen molar-refractivity contribution < 1.29 is 15.0 Å². The summed E-state index contributed by atoms with van der Waals surface area (Å²) in [5.74, 6) is 5.59. The third kappa shape index (κ3) is 3.84. The molecule has 1 aromatic rings. The Kier molecular flexibility index (Phi) is 6.44. The molecule has 98 valence electrons. The summed E-state index contributed by atoms with van der Waals surface area (Å²) >= 11 is 1.35. The van der Waals surface area contributed by atoms with Gasteiger partial charge in [0.15, 0.2) is 0 Å². The first-order valence-corrected chi connectivity index (χ1v) is 6.69. The van der Waals surface area contributed by atoms with Crippen LogP contribution in [0.25, 0.3) is 0 Å². The molecule has 0 aliphatic rings. The minimum Gasteiger partial charge on any atom is -0.395 e. The maximum Gasteiger partial charge on any atom is 0.265 e. The van der Waals surface area contributed by atoms with E-state index in [1.807, 2.05) is 12.3 Å². The predicted molar refractivity (Wildman–Crippen MR) is 71.6 cm³/mol. The van der Waals surface area contributed by atoms with Gasteiger partial charge >= 0.3 is 0 Å². The fraction of sp³-hybridized carbons (Fsp3) is 0.462. The number of hydrogen-bond donors (Lipinski definition) is 2. The third-order valence-corrected chi connectivity index (χ3v) is 3.26. The van der Waals surface area contributed by atoms with Crippen molar-refractivity contribution in [1.29, 1.82) is 0 Å². The number of amides is 1. The Bertz CT molecular complexity index is 445. The smallest absolute Gasteiger partial charge is 0.265 e. The molecule has 0 fully saturated rings. The molecule has 0 aromatic carbocycles. The SMILES string of the molecule is CCN(CCO)C(=O)c1sccc1C#CCCO. The highest BCUT2D eigenvalue weighted by atomic mass is 32.1. The summed E-state index contributed by atoms with van der Waals surface area (Å²) in [5, 5.41) is 19.4. The zero-order chi connectivity index (χ0) is 13.4. The molecule has 2 N–H and O–H groups in total. The van der Waals surface area contributed by atoms with Crippen molar-refractivity contribution in [3.63, 3.8) is 0 Å². The maximum atomic E-state index is 12.2. The standard InChI is InChI=1S/C13H17NO3S/c1-2-14(7-9-16)13(17)12-11(6-10-18-12)5-3-4-8-15/h6,10,15-16H,2,4,7-9H2,1H3. The molecular formula is C13H17NO3S. The number of likely N-dealkylation sites (N-methyl/N-ethyl adjacent to an activating group) is 1. The molecule has 1 rings (SSSR count). The van der Waals surface area contributed by atoms with Crippen LogP contribution in [0.3, 0.4) is 0 Å². The molecule has 0 unspecified atom stereocenters. The number of aliphatic hydroxyl groups excluding tert-OH is 2. The van der Waals surface area contributed by atoms with E-state index in [-0.39, 0.29) is 19.1 Å². The van der Waals surface area contributed by atoms with Gasteiger partial charge in [-0.25, -0.2) is 0 Å². The summed E-state index contributed by atoms with van der Waals surface area (Å²) < 4.78 is 0. The van der Waals surface area contributed by atoms with Crippen LogP contribution in [0.1, 0.15) is 28.6 Å². The number of aliphatic hydroxyl groups is 2. The Labute approximate surface area is 111 Å². The average molecular weight is 267 g/mol. The first-order valence-electron chi connectivity index (χ1n) is 5.82. The van der Waals surface area contributed by atoms with Gasteiger partial charge in [0, 0.05) is 25.1 Å².